The molecule has 1 atom stereocenters. The molecule has 1 aliphatic rings. The van der Waals surface area contributed by atoms with Crippen LogP contribution in [0.25, 0.3) is 0 Å². The summed E-state index contributed by atoms with van der Waals surface area (Å²) in [6, 6.07) is 0. The van der Waals surface area contributed by atoms with Gasteiger partial charge in [-0.2, -0.15) is 0 Å². The maximum atomic E-state index is 3.63. The number of hydrogen-bond donors (Lipinski definition) is 0. The van der Waals surface area contributed by atoms with Crippen LogP contribution in [0.5, 0.6) is 0 Å². The van der Waals surface area contributed by atoms with E-state index in [0.29, 0.717) is 0 Å². The van der Waals surface area contributed by atoms with E-state index in [1.165, 1.54) is 44.1 Å². The first-order valence-electron chi connectivity index (χ1n) is 8.16. The molecule has 0 spiro atoms. The third kappa shape index (κ3) is 13.4. The summed E-state index contributed by atoms with van der Waals surface area (Å²) in [7, 11) is 0. The average Bonchev–Trinajstić information content (AvgIpc) is 3.11. The molecule has 0 bridgehead atoms. The van der Waals surface area contributed by atoms with E-state index in [0.717, 1.165) is 12.3 Å². The summed E-state index contributed by atoms with van der Waals surface area (Å²) in [6.45, 7) is 12.3. The second-order valence-electron chi connectivity index (χ2n) is 5.89. The number of rotatable bonds is 8. The van der Waals surface area contributed by atoms with Crippen LogP contribution < -0.4 is 0 Å². The minimum atomic E-state index is 0.911. The van der Waals surface area contributed by atoms with Crippen molar-refractivity contribution < 1.29 is 0 Å². The quantitative estimate of drug-likeness (QED) is 0.330. The third-order valence-corrected chi connectivity index (χ3v) is 3.40. The van der Waals surface area contributed by atoms with E-state index in [2.05, 4.69) is 51.7 Å². The average molecular weight is 274 g/mol. The molecule has 1 fully saturated rings. The summed E-state index contributed by atoms with van der Waals surface area (Å²) in [4.78, 5) is 0. The smallest absolute Gasteiger partial charge is 0.0194 e. The Bertz CT molecular complexity index is 324. The molecule has 1 saturated carbocycles. The maximum Gasteiger partial charge on any atom is -0.0194 e. The fraction of sp³-hybridized carbons (Fsp3) is 0.600. The zero-order valence-corrected chi connectivity index (χ0v) is 14.1. The van der Waals surface area contributed by atoms with Gasteiger partial charge in [0, 0.05) is 0 Å². The lowest BCUT2D eigenvalue weighted by Gasteiger charge is -1.91. The lowest BCUT2D eigenvalue weighted by atomic mass is 10.2. The summed E-state index contributed by atoms with van der Waals surface area (Å²) in [5.74, 6) is 0.911. The number of allylic oxidation sites excluding steroid dienone is 7. The van der Waals surface area contributed by atoms with Crippen molar-refractivity contribution in [2.45, 2.75) is 72.6 Å². The highest BCUT2D eigenvalue weighted by Gasteiger charge is 2.22. The van der Waals surface area contributed by atoms with Crippen LogP contribution in [0.4, 0.5) is 0 Å². The van der Waals surface area contributed by atoms with Crippen molar-refractivity contribution in [2.24, 2.45) is 5.92 Å². The van der Waals surface area contributed by atoms with Crippen LogP contribution in [0.2, 0.25) is 0 Å². The molecule has 0 heteroatoms. The monoisotopic (exact) mass is 274 g/mol. The van der Waals surface area contributed by atoms with E-state index < -0.39 is 0 Å². The van der Waals surface area contributed by atoms with Gasteiger partial charge in [-0.15, -0.1) is 6.58 Å². The molecule has 0 radical (unpaired) electrons. The lowest BCUT2D eigenvalue weighted by molar-refractivity contribution is 0.858. The Morgan fingerprint density at radius 2 is 1.80 bits per heavy atom. The van der Waals surface area contributed by atoms with Crippen LogP contribution in [0.1, 0.15) is 72.6 Å². The molecule has 114 valence electrons. The summed E-state index contributed by atoms with van der Waals surface area (Å²) in [6.07, 6.45) is 19.8. The molecular weight excluding hydrogens is 240 g/mol. The van der Waals surface area contributed by atoms with Crippen LogP contribution in [0.3, 0.4) is 0 Å². The predicted octanol–water partition coefficient (Wildman–Crippen LogP) is 7.01. The molecule has 0 aliphatic heterocycles. The van der Waals surface area contributed by atoms with Gasteiger partial charge in [-0.1, -0.05) is 48.5 Å². The van der Waals surface area contributed by atoms with E-state index in [9.17, 15) is 0 Å². The summed E-state index contributed by atoms with van der Waals surface area (Å²) < 4.78 is 0. The molecule has 0 nitrogen and oxygen atoms in total. The van der Waals surface area contributed by atoms with Crippen LogP contribution >= 0.6 is 0 Å². The Morgan fingerprint density at radius 3 is 2.30 bits per heavy atom. The van der Waals surface area contributed by atoms with Crippen molar-refractivity contribution in [3.8, 4) is 0 Å². The Balaban J connectivity index is 0.000000396. The molecular formula is C20H34. The standard InChI is InChI=1S/C12H20.C8H14/c1-10(2)7-5-4-6-8-12-9-11(12)3;1-3-5-7-8-6-4-2/h7-8,11H,4-6,9H2,1-3H3;3-4,6H,1,5,7-8H2,2H3. The highest BCUT2D eigenvalue weighted by atomic mass is 14.3. The first kappa shape index (κ1) is 19.0. The number of unbranched alkanes of at least 4 members (excludes halogenated alkanes) is 4. The van der Waals surface area contributed by atoms with Crippen LogP contribution in [0.15, 0.2) is 48.1 Å². The first-order valence-corrected chi connectivity index (χ1v) is 8.16. The largest absolute Gasteiger partial charge is 0.103 e. The second-order valence-corrected chi connectivity index (χ2v) is 5.89. The molecule has 0 amide bonds. The molecule has 0 saturated heterocycles. The van der Waals surface area contributed by atoms with E-state index in [4.69, 9.17) is 0 Å². The zero-order chi connectivity index (χ0) is 15.2. The summed E-state index contributed by atoms with van der Waals surface area (Å²) in [5.41, 5.74) is 3.13. The highest BCUT2D eigenvalue weighted by molar-refractivity contribution is 5.21. The van der Waals surface area contributed by atoms with E-state index in [-0.39, 0.29) is 0 Å². The van der Waals surface area contributed by atoms with Crippen molar-refractivity contribution >= 4 is 0 Å². The molecule has 0 aromatic carbocycles. The maximum absolute atomic E-state index is 3.63. The lowest BCUT2D eigenvalue weighted by Crippen LogP contribution is -1.71. The molecule has 1 aliphatic carbocycles. The summed E-state index contributed by atoms with van der Waals surface area (Å²) in [5, 5.41) is 0. The Morgan fingerprint density at radius 1 is 1.15 bits per heavy atom. The van der Waals surface area contributed by atoms with Crippen LogP contribution in [0, 0.1) is 5.92 Å². The van der Waals surface area contributed by atoms with Crippen molar-refractivity contribution in [1.82, 2.24) is 0 Å². The van der Waals surface area contributed by atoms with Gasteiger partial charge in [0.15, 0.2) is 0 Å². The van der Waals surface area contributed by atoms with Gasteiger partial charge in [0.1, 0.15) is 0 Å². The van der Waals surface area contributed by atoms with Crippen LogP contribution in [-0.2, 0) is 0 Å². The molecule has 0 N–H and O–H groups in total. The molecule has 1 rings (SSSR count). The molecule has 1 unspecified atom stereocenters. The zero-order valence-electron chi connectivity index (χ0n) is 14.1. The van der Waals surface area contributed by atoms with Gasteiger partial charge in [-0.25, -0.2) is 0 Å². The third-order valence-electron chi connectivity index (χ3n) is 3.40. The van der Waals surface area contributed by atoms with Gasteiger partial charge < -0.3 is 0 Å². The van der Waals surface area contributed by atoms with E-state index in [1.807, 2.05) is 13.0 Å². The van der Waals surface area contributed by atoms with Crippen molar-refractivity contribution in [2.75, 3.05) is 0 Å². The van der Waals surface area contributed by atoms with Gasteiger partial charge in [-0.3, -0.25) is 0 Å². The van der Waals surface area contributed by atoms with Crippen molar-refractivity contribution in [3.05, 3.63) is 48.1 Å². The topological polar surface area (TPSA) is 0 Å². The molecule has 20 heavy (non-hydrogen) atoms. The molecule has 0 aromatic rings. The molecule has 0 aromatic heterocycles. The normalized spacial score (nSPS) is 18.6. The Hall–Kier alpha value is -1.04. The minimum absolute atomic E-state index is 0.911. The van der Waals surface area contributed by atoms with Crippen molar-refractivity contribution in [1.29, 1.82) is 0 Å². The number of hydrogen-bond acceptors (Lipinski definition) is 0. The van der Waals surface area contributed by atoms with Gasteiger partial charge in [-0.05, 0) is 71.6 Å². The van der Waals surface area contributed by atoms with Crippen LogP contribution in [-0.4, -0.2) is 0 Å². The van der Waals surface area contributed by atoms with Gasteiger partial charge >= 0.3 is 0 Å². The fourth-order valence-electron chi connectivity index (χ4n) is 1.92. The van der Waals surface area contributed by atoms with E-state index >= 15 is 0 Å². The fourth-order valence-corrected chi connectivity index (χ4v) is 1.92. The Kier molecular flexibility index (Phi) is 12.3. The Labute approximate surface area is 127 Å². The van der Waals surface area contributed by atoms with Gasteiger partial charge in [0.2, 0.25) is 0 Å². The highest BCUT2D eigenvalue weighted by Crippen LogP contribution is 2.37. The van der Waals surface area contributed by atoms with Gasteiger partial charge in [0.25, 0.3) is 0 Å². The van der Waals surface area contributed by atoms with E-state index in [1.54, 1.807) is 5.57 Å². The SMILES string of the molecule is C=CCCCC=CC.CC(C)=CCCCC=C1CC1C. The predicted molar refractivity (Wildman–Crippen MR) is 94.0 cm³/mol. The minimum Gasteiger partial charge on any atom is -0.103 e. The molecule has 0 heterocycles. The summed E-state index contributed by atoms with van der Waals surface area (Å²) >= 11 is 0. The van der Waals surface area contributed by atoms with Gasteiger partial charge in [0.05, 0.1) is 0 Å². The first-order chi connectivity index (χ1) is 9.61. The van der Waals surface area contributed by atoms with Crippen molar-refractivity contribution in [3.63, 3.8) is 0 Å². The second kappa shape index (κ2) is 13.0.